The zero-order valence-corrected chi connectivity index (χ0v) is 19.2. The van der Waals surface area contributed by atoms with E-state index in [-0.39, 0.29) is 5.92 Å². The SMILES string of the molecule is CCC(C)C(NC(=O)c1ccc(Cl)cc1)C(=O)OCC(=O)Nc1cc(OC)ccc1OC. The molecule has 0 saturated carbocycles. The fourth-order valence-corrected chi connectivity index (χ4v) is 2.95. The molecular formula is C23H27ClN2O6. The number of halogens is 1. The molecule has 32 heavy (non-hydrogen) atoms. The van der Waals surface area contributed by atoms with Gasteiger partial charge in [0.15, 0.2) is 6.61 Å². The van der Waals surface area contributed by atoms with Crippen molar-refractivity contribution in [1.82, 2.24) is 5.32 Å². The maximum Gasteiger partial charge on any atom is 0.329 e. The van der Waals surface area contributed by atoms with Crippen LogP contribution in [0.3, 0.4) is 0 Å². The van der Waals surface area contributed by atoms with E-state index in [2.05, 4.69) is 10.6 Å². The van der Waals surface area contributed by atoms with Crippen molar-refractivity contribution >= 4 is 35.1 Å². The zero-order valence-electron chi connectivity index (χ0n) is 18.4. The van der Waals surface area contributed by atoms with Crippen molar-refractivity contribution in [2.75, 3.05) is 26.1 Å². The lowest BCUT2D eigenvalue weighted by Gasteiger charge is -2.22. The molecule has 9 heteroatoms. The van der Waals surface area contributed by atoms with Gasteiger partial charge in [0.25, 0.3) is 11.8 Å². The zero-order chi connectivity index (χ0) is 23.7. The highest BCUT2D eigenvalue weighted by atomic mass is 35.5. The minimum Gasteiger partial charge on any atom is -0.497 e. The molecule has 0 aliphatic heterocycles. The molecule has 2 rings (SSSR count). The first kappa shape index (κ1) is 25.0. The summed E-state index contributed by atoms with van der Waals surface area (Å²) in [7, 11) is 2.97. The smallest absolute Gasteiger partial charge is 0.329 e. The normalized spacial score (nSPS) is 12.3. The van der Waals surface area contributed by atoms with Crippen LogP contribution in [0, 0.1) is 5.92 Å². The Morgan fingerprint density at radius 2 is 1.72 bits per heavy atom. The van der Waals surface area contributed by atoms with Crippen LogP contribution in [0.4, 0.5) is 5.69 Å². The van der Waals surface area contributed by atoms with Gasteiger partial charge in [-0.1, -0.05) is 31.9 Å². The average molecular weight is 463 g/mol. The summed E-state index contributed by atoms with van der Waals surface area (Å²) in [4.78, 5) is 37.5. The largest absolute Gasteiger partial charge is 0.497 e. The van der Waals surface area contributed by atoms with E-state index in [4.69, 9.17) is 25.8 Å². The van der Waals surface area contributed by atoms with Gasteiger partial charge in [-0.15, -0.1) is 0 Å². The number of anilines is 1. The highest BCUT2D eigenvalue weighted by Crippen LogP contribution is 2.28. The Bertz CT molecular complexity index is 948. The number of carbonyl (C=O) groups is 3. The Hall–Kier alpha value is -3.26. The molecule has 2 unspecified atom stereocenters. The second kappa shape index (κ2) is 12.0. The number of amides is 2. The van der Waals surface area contributed by atoms with Crippen molar-refractivity contribution in [3.8, 4) is 11.5 Å². The summed E-state index contributed by atoms with van der Waals surface area (Å²) in [5.74, 6) is -0.945. The summed E-state index contributed by atoms with van der Waals surface area (Å²) in [6.45, 7) is 3.18. The molecule has 0 aliphatic rings. The third-order valence-electron chi connectivity index (χ3n) is 4.89. The van der Waals surface area contributed by atoms with Gasteiger partial charge in [-0.3, -0.25) is 9.59 Å². The van der Waals surface area contributed by atoms with E-state index in [0.29, 0.717) is 34.2 Å². The molecule has 0 saturated heterocycles. The maximum atomic E-state index is 12.7. The molecule has 0 bridgehead atoms. The molecule has 2 N–H and O–H groups in total. The molecule has 0 heterocycles. The Labute approximate surface area is 192 Å². The van der Waals surface area contributed by atoms with Gasteiger partial charge in [-0.2, -0.15) is 0 Å². The Kier molecular flexibility index (Phi) is 9.34. The fraction of sp³-hybridized carbons (Fsp3) is 0.348. The van der Waals surface area contributed by atoms with Crippen LogP contribution in [-0.2, 0) is 14.3 Å². The van der Waals surface area contributed by atoms with E-state index < -0.39 is 30.4 Å². The minimum atomic E-state index is -0.915. The van der Waals surface area contributed by atoms with E-state index in [9.17, 15) is 14.4 Å². The van der Waals surface area contributed by atoms with Gasteiger partial charge in [0, 0.05) is 16.7 Å². The van der Waals surface area contributed by atoms with Crippen LogP contribution in [0.5, 0.6) is 11.5 Å². The first-order valence-electron chi connectivity index (χ1n) is 10.0. The summed E-state index contributed by atoms with van der Waals surface area (Å²) < 4.78 is 15.5. The van der Waals surface area contributed by atoms with Crippen LogP contribution >= 0.6 is 11.6 Å². The Balaban J connectivity index is 2.01. The first-order chi connectivity index (χ1) is 15.3. The predicted octanol–water partition coefficient (Wildman–Crippen LogP) is 3.68. The maximum absolute atomic E-state index is 12.7. The quantitative estimate of drug-likeness (QED) is 0.522. The van der Waals surface area contributed by atoms with Gasteiger partial charge in [-0.05, 0) is 42.3 Å². The molecule has 2 aromatic carbocycles. The van der Waals surface area contributed by atoms with Crippen LogP contribution in [0.25, 0.3) is 0 Å². The van der Waals surface area contributed by atoms with Gasteiger partial charge >= 0.3 is 5.97 Å². The number of benzene rings is 2. The number of rotatable bonds is 10. The van der Waals surface area contributed by atoms with Crippen molar-refractivity contribution in [2.45, 2.75) is 26.3 Å². The Morgan fingerprint density at radius 3 is 2.31 bits per heavy atom. The topological polar surface area (TPSA) is 103 Å². The van der Waals surface area contributed by atoms with E-state index in [1.807, 2.05) is 13.8 Å². The molecule has 2 amide bonds. The molecule has 8 nitrogen and oxygen atoms in total. The van der Waals surface area contributed by atoms with Crippen molar-refractivity contribution in [1.29, 1.82) is 0 Å². The van der Waals surface area contributed by atoms with Gasteiger partial charge in [0.05, 0.1) is 19.9 Å². The number of esters is 1. The second-order valence-electron chi connectivity index (χ2n) is 7.07. The highest BCUT2D eigenvalue weighted by molar-refractivity contribution is 6.30. The average Bonchev–Trinajstić information content (AvgIpc) is 2.80. The minimum absolute atomic E-state index is 0.208. The van der Waals surface area contributed by atoms with Crippen molar-refractivity contribution < 1.29 is 28.6 Å². The van der Waals surface area contributed by atoms with Gasteiger partial charge in [-0.25, -0.2) is 4.79 Å². The molecule has 2 aromatic rings. The van der Waals surface area contributed by atoms with Crippen molar-refractivity contribution in [3.63, 3.8) is 0 Å². The monoisotopic (exact) mass is 462 g/mol. The number of hydrogen-bond donors (Lipinski definition) is 2. The number of carbonyl (C=O) groups excluding carboxylic acids is 3. The summed E-state index contributed by atoms with van der Waals surface area (Å²) in [6, 6.07) is 10.3. The first-order valence-corrected chi connectivity index (χ1v) is 10.4. The fourth-order valence-electron chi connectivity index (χ4n) is 2.82. The second-order valence-corrected chi connectivity index (χ2v) is 7.50. The summed E-state index contributed by atoms with van der Waals surface area (Å²) >= 11 is 5.85. The lowest BCUT2D eigenvalue weighted by Crippen LogP contribution is -2.46. The van der Waals surface area contributed by atoms with Gasteiger partial charge in [0.2, 0.25) is 0 Å². The third kappa shape index (κ3) is 6.88. The van der Waals surface area contributed by atoms with Crippen LogP contribution in [0.2, 0.25) is 5.02 Å². The van der Waals surface area contributed by atoms with Crippen LogP contribution in [0.15, 0.2) is 42.5 Å². The van der Waals surface area contributed by atoms with Crippen LogP contribution in [-0.4, -0.2) is 44.7 Å². The van der Waals surface area contributed by atoms with E-state index in [1.54, 1.807) is 42.5 Å². The number of hydrogen-bond acceptors (Lipinski definition) is 6. The summed E-state index contributed by atoms with van der Waals surface area (Å²) in [5.41, 5.74) is 0.737. The van der Waals surface area contributed by atoms with Crippen molar-refractivity contribution in [2.24, 2.45) is 5.92 Å². The standard InChI is InChI=1S/C23H27ClN2O6/c1-5-14(2)21(26-22(28)15-6-8-16(24)9-7-15)23(29)32-13-20(27)25-18-12-17(30-3)10-11-19(18)31-4/h6-12,14,21H,5,13H2,1-4H3,(H,25,27)(H,26,28). The molecule has 0 aliphatic carbocycles. The predicted molar refractivity (Wildman–Crippen MR) is 121 cm³/mol. The molecular weight excluding hydrogens is 436 g/mol. The molecule has 0 spiro atoms. The Morgan fingerprint density at radius 1 is 1.03 bits per heavy atom. The van der Waals surface area contributed by atoms with Crippen LogP contribution < -0.4 is 20.1 Å². The lowest BCUT2D eigenvalue weighted by atomic mass is 9.99. The van der Waals surface area contributed by atoms with Gasteiger partial charge < -0.3 is 24.8 Å². The van der Waals surface area contributed by atoms with E-state index in [1.165, 1.54) is 14.2 Å². The molecule has 0 aromatic heterocycles. The molecule has 0 radical (unpaired) electrons. The number of nitrogens with one attached hydrogen (secondary N) is 2. The molecule has 0 fully saturated rings. The third-order valence-corrected chi connectivity index (χ3v) is 5.14. The highest BCUT2D eigenvalue weighted by Gasteiger charge is 2.28. The van der Waals surface area contributed by atoms with E-state index in [0.717, 1.165) is 0 Å². The number of methoxy groups -OCH3 is 2. The molecule has 172 valence electrons. The van der Waals surface area contributed by atoms with Crippen LogP contribution in [0.1, 0.15) is 30.6 Å². The van der Waals surface area contributed by atoms with Gasteiger partial charge in [0.1, 0.15) is 17.5 Å². The summed E-state index contributed by atoms with van der Waals surface area (Å²) in [6.07, 6.45) is 0.619. The lowest BCUT2D eigenvalue weighted by molar-refractivity contribution is -0.150. The number of ether oxygens (including phenoxy) is 3. The van der Waals surface area contributed by atoms with E-state index >= 15 is 0 Å². The molecule has 2 atom stereocenters. The summed E-state index contributed by atoms with van der Waals surface area (Å²) in [5, 5.41) is 5.81. The van der Waals surface area contributed by atoms with Crippen molar-refractivity contribution in [3.05, 3.63) is 53.1 Å².